The van der Waals surface area contributed by atoms with Crippen molar-refractivity contribution in [2.45, 2.75) is 20.0 Å². The van der Waals surface area contributed by atoms with Gasteiger partial charge in [0.25, 0.3) is 0 Å². The van der Waals surface area contributed by atoms with Crippen LogP contribution < -0.4 is 14.9 Å². The third-order valence-electron chi connectivity index (χ3n) is 5.38. The molecule has 0 radical (unpaired) electrons. The van der Waals surface area contributed by atoms with Crippen LogP contribution in [0.4, 0.5) is 0 Å². The minimum atomic E-state index is -0.457. The molecule has 0 fully saturated rings. The van der Waals surface area contributed by atoms with E-state index in [1.54, 1.807) is 25.5 Å². The Hall–Kier alpha value is -3.36. The number of hydrogen-bond donors (Lipinski definition) is 1. The summed E-state index contributed by atoms with van der Waals surface area (Å²) in [6, 6.07) is 17.3. The zero-order valence-corrected chi connectivity index (χ0v) is 23.0. The molecule has 0 saturated carbocycles. The lowest BCUT2D eigenvalue weighted by atomic mass is 10.1. The van der Waals surface area contributed by atoms with Crippen LogP contribution in [0.15, 0.2) is 85.7 Å². The molecule has 6 nitrogen and oxygen atoms in total. The number of furan rings is 1. The van der Waals surface area contributed by atoms with Crippen molar-refractivity contribution < 1.29 is 18.7 Å². The van der Waals surface area contributed by atoms with Crippen LogP contribution in [-0.2, 0) is 13.0 Å². The van der Waals surface area contributed by atoms with Crippen LogP contribution in [0.2, 0.25) is 0 Å². The van der Waals surface area contributed by atoms with Gasteiger partial charge in [0.1, 0.15) is 12.2 Å². The van der Waals surface area contributed by atoms with Gasteiger partial charge in [-0.15, -0.1) is 6.58 Å². The number of carbonyl (C=O) groups is 1. The highest BCUT2D eigenvalue weighted by molar-refractivity contribution is 9.11. The van der Waals surface area contributed by atoms with Gasteiger partial charge in [0.05, 0.1) is 17.8 Å². The van der Waals surface area contributed by atoms with E-state index < -0.39 is 5.91 Å². The summed E-state index contributed by atoms with van der Waals surface area (Å²) in [6.45, 7) is 6.32. The summed E-state index contributed by atoms with van der Waals surface area (Å²) in [6.07, 6.45) is 3.93. The normalized spacial score (nSPS) is 11.1. The Kier molecular flexibility index (Phi) is 8.28. The minimum Gasteiger partial charge on any atom is -0.493 e. The Morgan fingerprint density at radius 2 is 1.92 bits per heavy atom. The van der Waals surface area contributed by atoms with Gasteiger partial charge in [0.15, 0.2) is 17.3 Å². The van der Waals surface area contributed by atoms with E-state index in [-0.39, 0.29) is 5.76 Å². The van der Waals surface area contributed by atoms with Crippen LogP contribution in [0.1, 0.15) is 32.8 Å². The fourth-order valence-corrected chi connectivity index (χ4v) is 4.97. The molecule has 0 bridgehead atoms. The fourth-order valence-electron chi connectivity index (χ4n) is 3.63. The summed E-state index contributed by atoms with van der Waals surface area (Å²) in [5.41, 5.74) is 7.00. The van der Waals surface area contributed by atoms with Gasteiger partial charge >= 0.3 is 5.91 Å². The van der Waals surface area contributed by atoms with E-state index in [9.17, 15) is 4.79 Å². The second-order valence-electron chi connectivity index (χ2n) is 8.09. The first-order valence-corrected chi connectivity index (χ1v) is 12.7. The van der Waals surface area contributed by atoms with Gasteiger partial charge in [-0.1, -0.05) is 51.8 Å². The molecule has 1 amide bonds. The molecule has 0 aliphatic heterocycles. The number of benzene rings is 3. The monoisotopic (exact) mass is 610 g/mol. The third kappa shape index (κ3) is 6.06. The maximum atomic E-state index is 12.6. The molecule has 184 valence electrons. The topological polar surface area (TPSA) is 73.1 Å². The molecular weight excluding hydrogens is 588 g/mol. The third-order valence-corrected chi connectivity index (χ3v) is 6.43. The van der Waals surface area contributed by atoms with Crippen LogP contribution in [0.25, 0.3) is 11.0 Å². The average Bonchev–Trinajstić information content (AvgIpc) is 3.29. The number of fused-ring (bicyclic) bond motifs is 1. The summed E-state index contributed by atoms with van der Waals surface area (Å²) in [4.78, 5) is 12.6. The fraction of sp³-hybridized carbons (Fsp3) is 0.143. The molecule has 8 heteroatoms. The van der Waals surface area contributed by atoms with Crippen LogP contribution in [-0.4, -0.2) is 19.2 Å². The number of hydrogen-bond acceptors (Lipinski definition) is 5. The van der Waals surface area contributed by atoms with E-state index in [1.807, 2.05) is 43.3 Å². The first-order chi connectivity index (χ1) is 17.4. The SMILES string of the molecule is C=CCc1cc(/C=N\NC(=O)c2cc3cc(Br)cc(Br)c3o2)cc(OC)c1OCc1ccc(C)cc1. The van der Waals surface area contributed by atoms with Crippen LogP contribution in [0.5, 0.6) is 11.5 Å². The zero-order valence-electron chi connectivity index (χ0n) is 19.8. The van der Waals surface area contributed by atoms with E-state index in [1.165, 1.54) is 5.56 Å². The summed E-state index contributed by atoms with van der Waals surface area (Å²) in [7, 11) is 1.59. The molecule has 36 heavy (non-hydrogen) atoms. The second-order valence-corrected chi connectivity index (χ2v) is 9.86. The summed E-state index contributed by atoms with van der Waals surface area (Å²) >= 11 is 6.88. The Balaban J connectivity index is 1.51. The maximum Gasteiger partial charge on any atom is 0.307 e. The number of methoxy groups -OCH3 is 1. The first kappa shape index (κ1) is 25.7. The summed E-state index contributed by atoms with van der Waals surface area (Å²) in [5.74, 6) is 0.924. The number of halogens is 2. The highest BCUT2D eigenvalue weighted by Crippen LogP contribution is 2.34. The number of aryl methyl sites for hydroxylation is 1. The molecule has 0 unspecified atom stereocenters. The molecular formula is C28H24Br2N2O4. The quantitative estimate of drug-likeness (QED) is 0.122. The molecule has 4 aromatic rings. The smallest absolute Gasteiger partial charge is 0.307 e. The number of hydrazone groups is 1. The number of ether oxygens (including phenoxy) is 2. The van der Waals surface area contributed by atoms with Crippen molar-refractivity contribution in [3.8, 4) is 11.5 Å². The molecule has 0 spiro atoms. The predicted octanol–water partition coefficient (Wildman–Crippen LogP) is 7.35. The lowest BCUT2D eigenvalue weighted by molar-refractivity contribution is 0.0929. The summed E-state index contributed by atoms with van der Waals surface area (Å²) < 4.78 is 19.1. The molecule has 0 atom stereocenters. The van der Waals surface area contributed by atoms with Crippen molar-refractivity contribution in [3.05, 3.63) is 104 Å². The molecule has 1 heterocycles. The Bertz CT molecular complexity index is 1440. The largest absolute Gasteiger partial charge is 0.493 e. The first-order valence-electron chi connectivity index (χ1n) is 11.1. The number of nitrogens with one attached hydrogen (secondary N) is 1. The minimum absolute atomic E-state index is 0.158. The van der Waals surface area contributed by atoms with Gasteiger partial charge in [0, 0.05) is 15.4 Å². The number of allylic oxidation sites excluding steroid dienone is 1. The maximum absolute atomic E-state index is 12.6. The second kappa shape index (κ2) is 11.6. The Morgan fingerprint density at radius 1 is 1.14 bits per heavy atom. The van der Waals surface area contributed by atoms with Gasteiger partial charge in [-0.2, -0.15) is 5.10 Å². The lowest BCUT2D eigenvalue weighted by Gasteiger charge is -2.16. The summed E-state index contributed by atoms with van der Waals surface area (Å²) in [5, 5.41) is 4.91. The van der Waals surface area contributed by atoms with E-state index >= 15 is 0 Å². The number of nitrogens with zero attached hydrogens (tertiary/aromatic N) is 1. The molecule has 0 aliphatic carbocycles. The Morgan fingerprint density at radius 3 is 2.64 bits per heavy atom. The number of amides is 1. The van der Waals surface area contributed by atoms with Gasteiger partial charge in [-0.25, -0.2) is 5.43 Å². The standard InChI is InChI=1S/C28H24Br2N2O4/c1-4-5-20-10-19(11-24(34-3)27(20)35-16-18-8-6-17(2)7-9-18)15-31-32-28(33)25-13-21-12-22(29)14-23(30)26(21)36-25/h4,6-15H,1,5,16H2,2-3H3,(H,32,33)/b31-15-. The number of carbonyl (C=O) groups excluding carboxylic acids is 1. The van der Waals surface area contributed by atoms with Gasteiger partial charge < -0.3 is 13.9 Å². The van der Waals surface area contributed by atoms with Crippen molar-refractivity contribution in [3.63, 3.8) is 0 Å². The van der Waals surface area contributed by atoms with Crippen molar-refractivity contribution in [2.24, 2.45) is 5.10 Å². The Labute approximate surface area is 226 Å². The van der Waals surface area contributed by atoms with E-state index in [0.29, 0.717) is 30.1 Å². The van der Waals surface area contributed by atoms with E-state index in [4.69, 9.17) is 13.9 Å². The molecule has 1 aromatic heterocycles. The molecule has 0 saturated heterocycles. The molecule has 0 aliphatic rings. The highest BCUT2D eigenvalue weighted by atomic mass is 79.9. The van der Waals surface area contributed by atoms with Gasteiger partial charge in [0.2, 0.25) is 0 Å². The molecule has 4 rings (SSSR count). The van der Waals surface area contributed by atoms with Crippen LogP contribution in [0.3, 0.4) is 0 Å². The zero-order chi connectivity index (χ0) is 25.7. The lowest BCUT2D eigenvalue weighted by Crippen LogP contribution is -2.16. The van der Waals surface area contributed by atoms with Crippen LogP contribution >= 0.6 is 31.9 Å². The van der Waals surface area contributed by atoms with E-state index in [2.05, 4.69) is 61.1 Å². The van der Waals surface area contributed by atoms with Gasteiger partial charge in [-0.3, -0.25) is 4.79 Å². The van der Waals surface area contributed by atoms with Crippen molar-refractivity contribution in [1.29, 1.82) is 0 Å². The molecule has 3 aromatic carbocycles. The highest BCUT2D eigenvalue weighted by Gasteiger charge is 2.15. The average molecular weight is 612 g/mol. The van der Waals surface area contributed by atoms with Crippen molar-refractivity contribution in [1.82, 2.24) is 5.43 Å². The van der Waals surface area contributed by atoms with Gasteiger partial charge in [-0.05, 0) is 70.7 Å². The van der Waals surface area contributed by atoms with E-state index in [0.717, 1.165) is 31.0 Å². The van der Waals surface area contributed by atoms with Crippen LogP contribution in [0, 0.1) is 6.92 Å². The van der Waals surface area contributed by atoms with Crippen molar-refractivity contribution in [2.75, 3.05) is 7.11 Å². The molecule has 1 N–H and O–H groups in total. The predicted molar refractivity (Wildman–Crippen MR) is 149 cm³/mol. The van der Waals surface area contributed by atoms with Crippen molar-refractivity contribution >= 4 is 55.0 Å². The number of rotatable bonds is 9.